The third-order valence-electron chi connectivity index (χ3n) is 7.47. The van der Waals surface area contributed by atoms with E-state index in [4.69, 9.17) is 11.6 Å². The van der Waals surface area contributed by atoms with Crippen LogP contribution >= 0.6 is 11.6 Å². The minimum absolute atomic E-state index is 0.00572. The Morgan fingerprint density at radius 1 is 1.10 bits per heavy atom. The summed E-state index contributed by atoms with van der Waals surface area (Å²) >= 11 is 6.18. The van der Waals surface area contributed by atoms with Crippen LogP contribution in [-0.4, -0.2) is 33.5 Å². The Hall–Kier alpha value is -4.10. The zero-order chi connectivity index (χ0) is 29.8. The molecule has 0 amide bonds. The predicted octanol–water partition coefficient (Wildman–Crippen LogP) is 3.51. The Kier molecular flexibility index (Phi) is 7.09. The van der Waals surface area contributed by atoms with Crippen molar-refractivity contribution in [1.29, 1.82) is 0 Å². The van der Waals surface area contributed by atoms with Crippen LogP contribution in [0.15, 0.2) is 63.0 Å². The summed E-state index contributed by atoms with van der Waals surface area (Å²) < 4.78 is 47.1. The lowest BCUT2D eigenvalue weighted by molar-refractivity contribution is 0.542. The largest absolute Gasteiger partial charge is 0.358 e. The van der Waals surface area contributed by atoms with E-state index in [1.165, 1.54) is 10.7 Å². The molecule has 2 aromatic heterocycles. The molecule has 3 heterocycles. The van der Waals surface area contributed by atoms with Gasteiger partial charge in [0.1, 0.15) is 33.5 Å². The number of aromatic nitrogens is 4. The normalized spacial score (nSPS) is 16.1. The average Bonchev–Trinajstić information content (AvgIpc) is 3.59. The van der Waals surface area contributed by atoms with Gasteiger partial charge in [0, 0.05) is 31.3 Å². The molecule has 0 radical (unpaired) electrons. The number of halogens is 2. The number of hydrogen-bond donors (Lipinski definition) is 3. The van der Waals surface area contributed by atoms with Crippen molar-refractivity contribution in [2.75, 3.05) is 15.4 Å². The summed E-state index contributed by atoms with van der Waals surface area (Å²) in [6, 6.07) is 12.9. The van der Waals surface area contributed by atoms with Crippen molar-refractivity contribution in [2.45, 2.75) is 50.3 Å². The Morgan fingerprint density at radius 3 is 2.55 bits per heavy atom. The van der Waals surface area contributed by atoms with Crippen LogP contribution < -0.4 is 26.6 Å². The third kappa shape index (κ3) is 5.29. The van der Waals surface area contributed by atoms with Gasteiger partial charge in [0.05, 0.1) is 12.2 Å². The minimum Gasteiger partial charge on any atom is -0.358 e. The van der Waals surface area contributed by atoms with E-state index >= 15 is 0 Å². The van der Waals surface area contributed by atoms with Gasteiger partial charge in [-0.05, 0) is 49.4 Å². The van der Waals surface area contributed by atoms with Gasteiger partial charge in [-0.15, -0.1) is 0 Å². The first kappa shape index (κ1) is 28.0. The van der Waals surface area contributed by atoms with E-state index in [1.807, 2.05) is 6.07 Å². The van der Waals surface area contributed by atoms with Crippen LogP contribution in [0.2, 0.25) is 5.15 Å². The fourth-order valence-corrected chi connectivity index (χ4v) is 7.04. The van der Waals surface area contributed by atoms with E-state index in [0.717, 1.165) is 23.0 Å². The molecule has 42 heavy (non-hydrogen) atoms. The van der Waals surface area contributed by atoms with Gasteiger partial charge in [0.15, 0.2) is 0 Å². The number of aryl methyl sites for hydroxylation is 2. The molecule has 4 aromatic rings. The number of hydrogen-bond acceptors (Lipinski definition) is 7. The maximum Gasteiger partial charge on any atom is 0.333 e. The highest BCUT2D eigenvalue weighted by molar-refractivity contribution is 7.92. The molecule has 220 valence electrons. The lowest BCUT2D eigenvalue weighted by Crippen LogP contribution is -2.41. The van der Waals surface area contributed by atoms with Gasteiger partial charge in [-0.3, -0.25) is 23.3 Å². The van der Waals surface area contributed by atoms with Gasteiger partial charge in [0.25, 0.3) is 15.6 Å². The van der Waals surface area contributed by atoms with Crippen LogP contribution in [0.3, 0.4) is 0 Å². The van der Waals surface area contributed by atoms with Crippen LogP contribution in [0.4, 0.5) is 21.6 Å². The highest BCUT2D eigenvalue weighted by Gasteiger charge is 2.32. The van der Waals surface area contributed by atoms with Crippen LogP contribution in [0, 0.1) is 18.7 Å². The van der Waals surface area contributed by atoms with Crippen molar-refractivity contribution in [3.05, 3.63) is 97.2 Å². The topological polar surface area (TPSA) is 132 Å². The molecule has 11 nitrogen and oxygen atoms in total. The zero-order valence-corrected chi connectivity index (χ0v) is 24.5. The minimum atomic E-state index is -4.00. The maximum absolute atomic E-state index is 14.4. The zero-order valence-electron chi connectivity index (χ0n) is 22.9. The number of nitrogens with zero attached hydrogens (tertiary/aromatic N) is 4. The molecule has 3 N–H and O–H groups in total. The number of rotatable bonds is 9. The fourth-order valence-electron chi connectivity index (χ4n) is 5.24. The molecule has 14 heteroatoms. The molecule has 1 saturated carbocycles. The van der Waals surface area contributed by atoms with Crippen molar-refractivity contribution in [2.24, 2.45) is 13.0 Å². The Balaban J connectivity index is 1.26. The van der Waals surface area contributed by atoms with Crippen molar-refractivity contribution in [1.82, 2.24) is 18.9 Å². The smallest absolute Gasteiger partial charge is 0.333 e. The lowest BCUT2D eigenvalue weighted by Gasteiger charge is -2.15. The summed E-state index contributed by atoms with van der Waals surface area (Å²) in [7, 11) is -2.44. The van der Waals surface area contributed by atoms with E-state index in [0.29, 0.717) is 30.4 Å². The van der Waals surface area contributed by atoms with E-state index in [2.05, 4.69) is 20.5 Å². The Morgan fingerprint density at radius 2 is 1.86 bits per heavy atom. The Bertz CT molecular complexity index is 1930. The molecule has 0 saturated heterocycles. The molecule has 2 aliphatic rings. The van der Waals surface area contributed by atoms with E-state index in [1.54, 1.807) is 54.9 Å². The van der Waals surface area contributed by atoms with Gasteiger partial charge < -0.3 is 10.6 Å². The lowest BCUT2D eigenvalue weighted by atomic mass is 10.1. The number of sulfonamides is 1. The molecule has 2 aromatic carbocycles. The molecule has 1 fully saturated rings. The molecule has 6 rings (SSSR count). The standard InChI is InChI=1S/C28H29ClFN7O4S/c1-16-24(25(29)35(2)33-16)42(40,41)34-20-8-5-6-18(12-20)13-22-31-23-26(32-22)36(14-17-10-11-17)28(39)37(27(23)38)15-19-7-3-4-9-21(19)30/h3-9,12,17,22,31-32,34H,10-11,13-15H2,1-2H3. The summed E-state index contributed by atoms with van der Waals surface area (Å²) in [6.07, 6.45) is 1.90. The summed E-state index contributed by atoms with van der Waals surface area (Å²) in [5.74, 6) is 0.262. The monoisotopic (exact) mass is 613 g/mol. The van der Waals surface area contributed by atoms with Gasteiger partial charge in [-0.25, -0.2) is 17.6 Å². The van der Waals surface area contributed by atoms with E-state index < -0.39 is 33.3 Å². The summed E-state index contributed by atoms with van der Waals surface area (Å²) in [5.41, 5.74) is 0.843. The van der Waals surface area contributed by atoms with Gasteiger partial charge in [0.2, 0.25) is 0 Å². The maximum atomic E-state index is 14.4. The van der Waals surface area contributed by atoms with Crippen LogP contribution in [0.25, 0.3) is 0 Å². The number of nitrogens with one attached hydrogen (secondary N) is 3. The molecule has 1 aliphatic heterocycles. The second-order valence-electron chi connectivity index (χ2n) is 10.7. The SMILES string of the molecule is Cc1nn(C)c(Cl)c1S(=O)(=O)Nc1cccc(CC2Nc3c(n(CC4CC4)c(=O)n(Cc4ccccc4F)c3=O)N2)c1. The Labute approximate surface area is 246 Å². The summed E-state index contributed by atoms with van der Waals surface area (Å²) in [4.78, 5) is 26.9. The predicted molar refractivity (Wildman–Crippen MR) is 158 cm³/mol. The second-order valence-corrected chi connectivity index (χ2v) is 12.7. The van der Waals surface area contributed by atoms with E-state index in [9.17, 15) is 22.4 Å². The molecular formula is C28H29ClFN7O4S. The molecule has 0 spiro atoms. The number of anilines is 3. The first-order chi connectivity index (χ1) is 20.0. The highest BCUT2D eigenvalue weighted by Crippen LogP contribution is 2.34. The van der Waals surface area contributed by atoms with Crippen molar-refractivity contribution in [3.8, 4) is 0 Å². The molecule has 1 atom stereocenters. The molecule has 0 bridgehead atoms. The fraction of sp³-hybridized carbons (Fsp3) is 0.321. The van der Waals surface area contributed by atoms with Crippen LogP contribution in [-0.2, 0) is 36.6 Å². The summed E-state index contributed by atoms with van der Waals surface area (Å²) in [6.45, 7) is 1.84. The second kappa shape index (κ2) is 10.6. The number of fused-ring (bicyclic) bond motifs is 1. The third-order valence-corrected chi connectivity index (χ3v) is 9.55. The number of benzene rings is 2. The van der Waals surface area contributed by atoms with Crippen molar-refractivity contribution < 1.29 is 12.8 Å². The van der Waals surface area contributed by atoms with Crippen LogP contribution in [0.1, 0.15) is 29.7 Å². The molecule has 1 unspecified atom stereocenters. The van der Waals surface area contributed by atoms with Crippen molar-refractivity contribution in [3.63, 3.8) is 0 Å². The molecular weight excluding hydrogens is 585 g/mol. The van der Waals surface area contributed by atoms with Gasteiger partial charge >= 0.3 is 5.69 Å². The van der Waals surface area contributed by atoms with Gasteiger partial charge in [-0.1, -0.05) is 41.9 Å². The quantitative estimate of drug-likeness (QED) is 0.263. The first-order valence-electron chi connectivity index (χ1n) is 13.5. The van der Waals surface area contributed by atoms with Crippen LogP contribution in [0.5, 0.6) is 0 Å². The first-order valence-corrected chi connectivity index (χ1v) is 15.3. The average molecular weight is 614 g/mol. The van der Waals surface area contributed by atoms with Gasteiger partial charge in [-0.2, -0.15) is 5.10 Å². The van der Waals surface area contributed by atoms with E-state index in [-0.39, 0.29) is 33.5 Å². The molecule has 1 aliphatic carbocycles. The van der Waals surface area contributed by atoms with Crippen molar-refractivity contribution >= 4 is 38.8 Å². The highest BCUT2D eigenvalue weighted by atomic mass is 35.5. The summed E-state index contributed by atoms with van der Waals surface area (Å²) in [5, 5.41) is 10.6.